The number of fused-ring (bicyclic) bond motifs is 1. The van der Waals surface area contributed by atoms with Gasteiger partial charge in [0.15, 0.2) is 0 Å². The van der Waals surface area contributed by atoms with E-state index in [2.05, 4.69) is 20.8 Å². The summed E-state index contributed by atoms with van der Waals surface area (Å²) in [5.74, 6) is -0.411. The van der Waals surface area contributed by atoms with E-state index in [1.807, 2.05) is 0 Å². The fourth-order valence-corrected chi connectivity index (χ4v) is 3.58. The normalized spacial score (nSPS) is 17.7. The number of hydrazone groups is 2. The number of nitrogens with zero attached hydrogens (tertiary/aromatic N) is 4. The van der Waals surface area contributed by atoms with Crippen molar-refractivity contribution >= 4 is 29.3 Å². The molecule has 2 N–H and O–H groups in total. The number of benzene rings is 1. The monoisotopic (exact) mass is 541 g/mol. The van der Waals surface area contributed by atoms with E-state index in [0.29, 0.717) is 5.69 Å². The van der Waals surface area contributed by atoms with Crippen molar-refractivity contribution in [3.8, 4) is 0 Å². The highest BCUT2D eigenvalue weighted by Crippen LogP contribution is 2.34. The van der Waals surface area contributed by atoms with Crippen molar-refractivity contribution in [3.63, 3.8) is 0 Å². The number of carbonyl (C=O) groups is 1. The smallest absolute Gasteiger partial charge is 0.402 e. The first-order chi connectivity index (χ1) is 17.6. The summed E-state index contributed by atoms with van der Waals surface area (Å²) < 4.78 is 86.5. The zero-order chi connectivity index (χ0) is 27.9. The zero-order valence-electron chi connectivity index (χ0n) is 20.4. The third-order valence-electron chi connectivity index (χ3n) is 5.47. The predicted octanol–water partition coefficient (Wildman–Crippen LogP) is 4.68. The summed E-state index contributed by atoms with van der Waals surface area (Å²) >= 11 is 0. The summed E-state index contributed by atoms with van der Waals surface area (Å²) in [7, 11) is 0. The Hall–Kier alpha value is -4.10. The number of pyridine rings is 1. The van der Waals surface area contributed by atoms with Crippen LogP contribution in [0.15, 0.2) is 53.8 Å². The number of aromatic nitrogens is 1. The van der Waals surface area contributed by atoms with Gasteiger partial charge in [-0.2, -0.15) is 31.4 Å². The van der Waals surface area contributed by atoms with Crippen molar-refractivity contribution in [1.82, 2.24) is 15.4 Å². The molecule has 1 unspecified atom stereocenters. The van der Waals surface area contributed by atoms with Gasteiger partial charge in [0.1, 0.15) is 0 Å². The van der Waals surface area contributed by atoms with Crippen LogP contribution in [-0.4, -0.2) is 45.7 Å². The summed E-state index contributed by atoms with van der Waals surface area (Å²) in [5.41, 5.74) is 0.107. The Morgan fingerprint density at radius 1 is 1.08 bits per heavy atom. The van der Waals surface area contributed by atoms with Gasteiger partial charge in [-0.15, -0.1) is 0 Å². The molecule has 0 aliphatic carbocycles. The number of esters is 1. The minimum Gasteiger partial charge on any atom is -0.402 e. The van der Waals surface area contributed by atoms with E-state index >= 15 is 0 Å². The average Bonchev–Trinajstić information content (AvgIpc) is 3.23. The number of halogens is 6. The second kappa shape index (κ2) is 9.65. The predicted molar refractivity (Wildman–Crippen MR) is 125 cm³/mol. The number of alkyl halides is 6. The number of allylic oxidation sites excluding steroid dienone is 1. The van der Waals surface area contributed by atoms with Crippen LogP contribution in [0.3, 0.4) is 0 Å². The number of rotatable bonds is 5. The Morgan fingerprint density at radius 2 is 1.76 bits per heavy atom. The molecular weight excluding hydrogens is 518 g/mol. The Balaban J connectivity index is 1.66. The van der Waals surface area contributed by atoms with Gasteiger partial charge >= 0.3 is 25.1 Å². The second-order valence-corrected chi connectivity index (χ2v) is 9.44. The highest BCUT2D eigenvalue weighted by molar-refractivity contribution is 6.16. The molecule has 8 nitrogen and oxygen atoms in total. The first kappa shape index (κ1) is 26.9. The van der Waals surface area contributed by atoms with Gasteiger partial charge in [0.05, 0.1) is 27.8 Å². The molecule has 202 valence electrons. The minimum absolute atomic E-state index is 0.0525. The molecule has 0 saturated carbocycles. The molecule has 0 radical (unpaired) electrons. The third-order valence-corrected chi connectivity index (χ3v) is 5.47. The SMILES string of the molecule is CC(C)(C)C(=O)OC[N+]1=CC(c2ncccc2C(F)(F)F)=CC2=NNC(Nc3ccc(C(F)(F)F)cc3)N21. The Morgan fingerprint density at radius 3 is 2.37 bits per heavy atom. The molecule has 2 aliphatic rings. The Kier molecular flexibility index (Phi) is 6.84. The molecule has 4 rings (SSSR count). The number of amidine groups is 1. The standard InChI is InChI=1S/C24H22F6N6O2/c1-22(2,3)20(37)38-13-35-12-14(19-17(24(28,29)30)5-4-10-31-19)11-18-33-34-21(36(18)35)32-16-8-6-15(7-9-16)23(25,26)27/h4-12,21,32H,13H2,1-3H3/p+1. The van der Waals surface area contributed by atoms with Crippen LogP contribution in [0, 0.1) is 5.41 Å². The summed E-state index contributed by atoms with van der Waals surface area (Å²) in [6, 6.07) is 6.33. The fraction of sp³-hybridized carbons (Fsp3) is 0.333. The van der Waals surface area contributed by atoms with Gasteiger partial charge in [0.2, 0.25) is 18.3 Å². The van der Waals surface area contributed by atoms with Crippen molar-refractivity contribution in [2.75, 3.05) is 12.0 Å². The molecule has 0 saturated heterocycles. The maximum Gasteiger partial charge on any atom is 0.418 e. The van der Waals surface area contributed by atoms with Gasteiger partial charge in [0.25, 0.3) is 0 Å². The van der Waals surface area contributed by atoms with Gasteiger partial charge in [-0.05, 0) is 57.2 Å². The molecule has 0 amide bonds. The summed E-state index contributed by atoms with van der Waals surface area (Å²) in [6.45, 7) is 4.53. The van der Waals surface area contributed by atoms with Gasteiger partial charge < -0.3 is 10.1 Å². The van der Waals surface area contributed by atoms with E-state index in [4.69, 9.17) is 4.74 Å². The maximum atomic E-state index is 13.7. The van der Waals surface area contributed by atoms with Crippen LogP contribution in [-0.2, 0) is 21.9 Å². The van der Waals surface area contributed by atoms with Crippen LogP contribution in [0.2, 0.25) is 0 Å². The summed E-state index contributed by atoms with van der Waals surface area (Å²) in [6.07, 6.45) is -6.16. The fourth-order valence-electron chi connectivity index (χ4n) is 3.58. The number of anilines is 1. The quantitative estimate of drug-likeness (QED) is 0.325. The minimum atomic E-state index is -4.68. The number of hydrogen-bond acceptors (Lipinski definition) is 7. The Labute approximate surface area is 213 Å². The van der Waals surface area contributed by atoms with Crippen LogP contribution >= 0.6 is 0 Å². The highest BCUT2D eigenvalue weighted by Gasteiger charge is 2.42. The molecular formula is C24H23F6N6O2+. The number of hydrazine groups is 1. The zero-order valence-corrected chi connectivity index (χ0v) is 20.4. The van der Waals surface area contributed by atoms with Crippen molar-refractivity contribution < 1.29 is 40.6 Å². The van der Waals surface area contributed by atoms with Gasteiger partial charge in [-0.3, -0.25) is 15.2 Å². The Bertz CT molecular complexity index is 1310. The maximum absolute atomic E-state index is 13.7. The van der Waals surface area contributed by atoms with E-state index < -0.39 is 47.9 Å². The molecule has 3 heterocycles. The first-order valence-corrected chi connectivity index (χ1v) is 11.2. The van der Waals surface area contributed by atoms with Crippen LogP contribution < -0.4 is 10.7 Å². The van der Waals surface area contributed by atoms with Crippen LogP contribution in [0.1, 0.15) is 37.6 Å². The van der Waals surface area contributed by atoms with E-state index in [9.17, 15) is 31.1 Å². The molecule has 14 heteroatoms. The molecule has 1 atom stereocenters. The van der Waals surface area contributed by atoms with Crippen molar-refractivity contribution in [1.29, 1.82) is 0 Å². The van der Waals surface area contributed by atoms with Gasteiger partial charge in [-0.25, -0.2) is 0 Å². The first-order valence-electron chi connectivity index (χ1n) is 11.2. The number of carbonyl (C=O) groups excluding carboxylic acids is 1. The molecule has 1 aromatic carbocycles. The lowest BCUT2D eigenvalue weighted by Gasteiger charge is -2.26. The number of ether oxygens (including phenoxy) is 1. The van der Waals surface area contributed by atoms with Crippen molar-refractivity contribution in [2.24, 2.45) is 10.5 Å². The van der Waals surface area contributed by atoms with Crippen LogP contribution in [0.5, 0.6) is 0 Å². The summed E-state index contributed by atoms with van der Waals surface area (Å²) in [4.78, 5) is 16.3. The van der Waals surface area contributed by atoms with Gasteiger partial charge in [0, 0.05) is 18.0 Å². The lowest BCUT2D eigenvalue weighted by atomic mass is 9.98. The number of hydrogen-bond donors (Lipinski definition) is 2. The third kappa shape index (κ3) is 5.73. The largest absolute Gasteiger partial charge is 0.418 e. The second-order valence-electron chi connectivity index (χ2n) is 9.44. The topological polar surface area (TPSA) is 81.9 Å². The van der Waals surface area contributed by atoms with Crippen molar-refractivity contribution in [3.05, 3.63) is 65.5 Å². The van der Waals surface area contributed by atoms with Crippen molar-refractivity contribution in [2.45, 2.75) is 39.4 Å². The van der Waals surface area contributed by atoms with E-state index in [1.165, 1.54) is 46.4 Å². The van der Waals surface area contributed by atoms with Gasteiger partial charge in [-0.1, -0.05) is 9.69 Å². The average molecular weight is 541 g/mol. The molecule has 0 bridgehead atoms. The van der Waals surface area contributed by atoms with E-state index in [1.54, 1.807) is 20.8 Å². The molecule has 1 aromatic heterocycles. The molecule has 38 heavy (non-hydrogen) atoms. The van der Waals surface area contributed by atoms with E-state index in [0.717, 1.165) is 18.2 Å². The lowest BCUT2D eigenvalue weighted by molar-refractivity contribution is -0.691. The van der Waals surface area contributed by atoms with Crippen LogP contribution in [0.25, 0.3) is 5.57 Å². The highest BCUT2D eigenvalue weighted by atomic mass is 19.4. The lowest BCUT2D eigenvalue weighted by Crippen LogP contribution is -2.53. The molecule has 2 aromatic rings. The molecule has 0 spiro atoms. The molecule has 2 aliphatic heterocycles. The van der Waals surface area contributed by atoms with E-state index in [-0.39, 0.29) is 17.1 Å². The molecule has 0 fully saturated rings. The summed E-state index contributed by atoms with van der Waals surface area (Å²) in [5, 5.41) is 8.56. The van der Waals surface area contributed by atoms with Crippen LogP contribution in [0.4, 0.5) is 32.0 Å². The number of nitrogens with one attached hydrogen (secondary N) is 2.